The van der Waals surface area contributed by atoms with Gasteiger partial charge in [0.15, 0.2) is 0 Å². The van der Waals surface area contributed by atoms with Crippen LogP contribution in [0.15, 0.2) is 72.3 Å². The minimum atomic E-state index is -0.760. The van der Waals surface area contributed by atoms with Crippen LogP contribution in [0.5, 0.6) is 11.5 Å². The molecular weight excluding hydrogens is 454 g/mol. The van der Waals surface area contributed by atoms with Gasteiger partial charge in [0.05, 0.1) is 25.3 Å². The highest BCUT2D eigenvalue weighted by Crippen LogP contribution is 2.41. The first-order valence-electron chi connectivity index (χ1n) is 10.9. The second-order valence-corrected chi connectivity index (χ2v) is 8.68. The van der Waals surface area contributed by atoms with Gasteiger partial charge in [0.25, 0.3) is 11.7 Å². The average molecular weight is 476 g/mol. The van der Waals surface area contributed by atoms with E-state index >= 15 is 0 Å². The molecule has 1 atom stereocenters. The topological polar surface area (TPSA) is 76.1 Å². The molecule has 0 bridgehead atoms. The fourth-order valence-corrected chi connectivity index (χ4v) is 4.58. The van der Waals surface area contributed by atoms with Crippen LogP contribution in [0.2, 0.25) is 5.02 Å². The van der Waals surface area contributed by atoms with Crippen molar-refractivity contribution >= 4 is 29.1 Å². The van der Waals surface area contributed by atoms with Gasteiger partial charge in [-0.25, -0.2) is 0 Å². The van der Waals surface area contributed by atoms with E-state index in [0.717, 1.165) is 23.3 Å². The van der Waals surface area contributed by atoms with Crippen LogP contribution in [0.25, 0.3) is 5.76 Å². The largest absolute Gasteiger partial charge is 0.507 e. The second-order valence-electron chi connectivity index (χ2n) is 8.25. The van der Waals surface area contributed by atoms with Crippen LogP contribution >= 0.6 is 11.6 Å². The quantitative estimate of drug-likeness (QED) is 0.322. The summed E-state index contributed by atoms with van der Waals surface area (Å²) < 4.78 is 10.8. The Hall–Kier alpha value is -3.77. The lowest BCUT2D eigenvalue weighted by atomic mass is 9.94. The monoisotopic (exact) mass is 475 g/mol. The molecule has 0 spiro atoms. The van der Waals surface area contributed by atoms with Crippen molar-refractivity contribution < 1.29 is 24.2 Å². The molecule has 1 amide bonds. The molecule has 1 fully saturated rings. The molecule has 0 aromatic heterocycles. The van der Waals surface area contributed by atoms with Gasteiger partial charge in [-0.2, -0.15) is 0 Å². The van der Waals surface area contributed by atoms with Crippen LogP contribution in [0.1, 0.15) is 28.3 Å². The number of carbonyl (C=O) groups excluding carboxylic acids is 2. The smallest absolute Gasteiger partial charge is 0.295 e. The van der Waals surface area contributed by atoms with Crippen LogP contribution in [-0.2, 0) is 22.6 Å². The van der Waals surface area contributed by atoms with Gasteiger partial charge in [-0.05, 0) is 59.2 Å². The maximum Gasteiger partial charge on any atom is 0.295 e. The predicted octanol–water partition coefficient (Wildman–Crippen LogP) is 4.91. The van der Waals surface area contributed by atoms with Gasteiger partial charge in [-0.15, -0.1) is 0 Å². The Kier molecular flexibility index (Phi) is 5.75. The Balaban J connectivity index is 1.60. The molecule has 2 aliphatic heterocycles. The van der Waals surface area contributed by atoms with E-state index in [2.05, 4.69) is 0 Å². The number of benzene rings is 3. The first-order chi connectivity index (χ1) is 16.5. The van der Waals surface area contributed by atoms with Crippen molar-refractivity contribution in [2.24, 2.45) is 0 Å². The average Bonchev–Trinajstić information content (AvgIpc) is 3.42. The van der Waals surface area contributed by atoms with Crippen molar-refractivity contribution in [3.63, 3.8) is 0 Å². The number of hydrogen-bond donors (Lipinski definition) is 1. The van der Waals surface area contributed by atoms with Crippen molar-refractivity contribution in [2.75, 3.05) is 13.7 Å². The van der Waals surface area contributed by atoms with Gasteiger partial charge in [-0.3, -0.25) is 9.59 Å². The molecule has 6 nitrogen and oxygen atoms in total. The minimum Gasteiger partial charge on any atom is -0.507 e. The molecule has 172 valence electrons. The Morgan fingerprint density at radius 3 is 2.53 bits per heavy atom. The molecule has 1 N–H and O–H groups in total. The highest BCUT2D eigenvalue weighted by molar-refractivity contribution is 6.46. The number of nitrogens with zero attached hydrogens (tertiary/aromatic N) is 1. The molecule has 0 aliphatic carbocycles. The van der Waals surface area contributed by atoms with E-state index in [1.54, 1.807) is 55.6 Å². The standard InChI is InChI=1S/C27H22ClNO5/c1-33-21-9-2-16(3-10-21)15-29-24(17-4-7-20(28)8-5-17)23(26(31)27(29)32)25(30)19-6-11-22-18(14-19)12-13-34-22/h2-11,14,24,30H,12-13,15H2,1H3/b25-23-. The molecule has 5 rings (SSSR count). The second kappa shape index (κ2) is 8.88. The molecule has 2 aliphatic rings. The van der Waals surface area contributed by atoms with E-state index in [1.165, 1.54) is 4.90 Å². The zero-order valence-electron chi connectivity index (χ0n) is 18.5. The molecule has 0 radical (unpaired) electrons. The molecule has 3 aromatic rings. The summed E-state index contributed by atoms with van der Waals surface area (Å²) in [7, 11) is 1.58. The van der Waals surface area contributed by atoms with Crippen LogP contribution in [0.4, 0.5) is 0 Å². The number of halogens is 1. The summed E-state index contributed by atoms with van der Waals surface area (Å²) in [6, 6.07) is 18.8. The fourth-order valence-electron chi connectivity index (χ4n) is 4.45. The summed E-state index contributed by atoms with van der Waals surface area (Å²) in [5, 5.41) is 11.8. The van der Waals surface area contributed by atoms with Gasteiger partial charge in [0, 0.05) is 23.6 Å². The van der Waals surface area contributed by atoms with Gasteiger partial charge in [-0.1, -0.05) is 35.9 Å². The number of amides is 1. The molecule has 7 heteroatoms. The van der Waals surface area contributed by atoms with Crippen molar-refractivity contribution in [3.05, 3.63) is 99.6 Å². The SMILES string of the molecule is COc1ccc(CN2C(=O)C(=O)/C(=C(\O)c3ccc4c(c3)CCO4)C2c2ccc(Cl)cc2)cc1. The number of ketones is 1. The van der Waals surface area contributed by atoms with Crippen molar-refractivity contribution in [1.82, 2.24) is 4.90 Å². The molecule has 3 aromatic carbocycles. The van der Waals surface area contributed by atoms with Gasteiger partial charge < -0.3 is 19.5 Å². The maximum absolute atomic E-state index is 13.2. The number of fused-ring (bicyclic) bond motifs is 1. The van der Waals surface area contributed by atoms with E-state index in [-0.39, 0.29) is 17.9 Å². The summed E-state index contributed by atoms with van der Waals surface area (Å²) in [6.07, 6.45) is 0.725. The third-order valence-corrected chi connectivity index (χ3v) is 6.45. The van der Waals surface area contributed by atoms with Crippen molar-refractivity contribution in [3.8, 4) is 11.5 Å². The van der Waals surface area contributed by atoms with E-state index in [9.17, 15) is 14.7 Å². The first kappa shape index (κ1) is 22.0. The number of hydrogen-bond acceptors (Lipinski definition) is 5. The number of aliphatic hydroxyl groups excluding tert-OH is 1. The molecule has 1 unspecified atom stereocenters. The lowest BCUT2D eigenvalue weighted by Gasteiger charge is -2.25. The van der Waals surface area contributed by atoms with Crippen molar-refractivity contribution in [2.45, 2.75) is 19.0 Å². The molecule has 34 heavy (non-hydrogen) atoms. The number of ether oxygens (including phenoxy) is 2. The maximum atomic E-state index is 13.2. The number of aliphatic hydroxyl groups is 1. The van der Waals surface area contributed by atoms with Crippen LogP contribution in [0.3, 0.4) is 0 Å². The normalized spacial score (nSPS) is 18.6. The zero-order valence-corrected chi connectivity index (χ0v) is 19.2. The number of Topliss-reactive ketones (excluding diaryl/α,β-unsaturated/α-hetero) is 1. The summed E-state index contributed by atoms with van der Waals surface area (Å²) >= 11 is 6.09. The fraction of sp³-hybridized carbons (Fsp3) is 0.185. The van der Waals surface area contributed by atoms with Crippen LogP contribution in [-0.4, -0.2) is 35.4 Å². The molecule has 2 heterocycles. The highest BCUT2D eigenvalue weighted by atomic mass is 35.5. The first-order valence-corrected chi connectivity index (χ1v) is 11.3. The summed E-state index contributed by atoms with van der Waals surface area (Å²) in [5.41, 5.74) is 3.00. The molecule has 0 saturated carbocycles. The lowest BCUT2D eigenvalue weighted by Crippen LogP contribution is -2.29. The van der Waals surface area contributed by atoms with Crippen LogP contribution < -0.4 is 9.47 Å². The number of methoxy groups -OCH3 is 1. The zero-order chi connectivity index (χ0) is 23.8. The third kappa shape index (κ3) is 3.90. The van der Waals surface area contributed by atoms with Crippen molar-refractivity contribution in [1.29, 1.82) is 0 Å². The predicted molar refractivity (Wildman–Crippen MR) is 128 cm³/mol. The number of carbonyl (C=O) groups is 2. The summed E-state index contributed by atoms with van der Waals surface area (Å²) in [5.74, 6) is -0.124. The molecular formula is C27H22ClNO5. The van der Waals surface area contributed by atoms with Gasteiger partial charge in [0.1, 0.15) is 17.3 Å². The van der Waals surface area contributed by atoms with E-state index < -0.39 is 17.7 Å². The van der Waals surface area contributed by atoms with E-state index in [0.29, 0.717) is 28.5 Å². The lowest BCUT2D eigenvalue weighted by molar-refractivity contribution is -0.140. The third-order valence-electron chi connectivity index (χ3n) is 6.20. The van der Waals surface area contributed by atoms with E-state index in [4.69, 9.17) is 21.1 Å². The summed E-state index contributed by atoms with van der Waals surface area (Å²) in [6.45, 7) is 0.771. The van der Waals surface area contributed by atoms with E-state index in [1.807, 2.05) is 18.2 Å². The highest BCUT2D eigenvalue weighted by Gasteiger charge is 2.46. The molecule has 1 saturated heterocycles. The van der Waals surface area contributed by atoms with Crippen LogP contribution in [0, 0.1) is 0 Å². The number of rotatable bonds is 5. The Bertz CT molecular complexity index is 1300. The Morgan fingerprint density at radius 2 is 1.82 bits per heavy atom. The number of likely N-dealkylation sites (tertiary alicyclic amines) is 1. The Morgan fingerprint density at radius 1 is 1.09 bits per heavy atom. The van der Waals surface area contributed by atoms with Gasteiger partial charge >= 0.3 is 0 Å². The van der Waals surface area contributed by atoms with Gasteiger partial charge in [0.2, 0.25) is 0 Å². The Labute approximate surface area is 202 Å². The minimum absolute atomic E-state index is 0.0553. The summed E-state index contributed by atoms with van der Waals surface area (Å²) in [4.78, 5) is 27.9.